The van der Waals surface area contributed by atoms with Crippen LogP contribution in [-0.4, -0.2) is 27.5 Å². The third-order valence-corrected chi connectivity index (χ3v) is 7.85. The summed E-state index contributed by atoms with van der Waals surface area (Å²) in [5, 5.41) is 21.2. The smallest absolute Gasteiger partial charge is 0.199 e. The van der Waals surface area contributed by atoms with Crippen LogP contribution < -0.4 is 0 Å². The van der Waals surface area contributed by atoms with Crippen molar-refractivity contribution in [2.24, 2.45) is 0 Å². The zero-order valence-electron chi connectivity index (χ0n) is 20.1. The molecule has 0 aromatic heterocycles. The largest absolute Gasteiger partial charge is 0.507 e. The predicted molar refractivity (Wildman–Crippen MR) is 135 cm³/mol. The maximum Gasteiger partial charge on any atom is 0.199 e. The van der Waals surface area contributed by atoms with Crippen LogP contribution in [0.4, 0.5) is 0 Å². The van der Waals surface area contributed by atoms with E-state index >= 15 is 0 Å². The van der Waals surface area contributed by atoms with Crippen LogP contribution in [0.25, 0.3) is 0 Å². The van der Waals surface area contributed by atoms with Gasteiger partial charge in [-0.1, -0.05) is 76.8 Å². The number of ketones is 2. The normalized spacial score (nSPS) is 12.7. The van der Waals surface area contributed by atoms with E-state index in [1.54, 1.807) is 37.7 Å². The number of phenolic OH excluding ortho intramolecular Hbond substituents is 2. The number of rotatable bonds is 12. The van der Waals surface area contributed by atoms with E-state index in [0.717, 1.165) is 17.1 Å². The van der Waals surface area contributed by atoms with Crippen molar-refractivity contribution >= 4 is 23.3 Å². The van der Waals surface area contributed by atoms with E-state index < -0.39 is 5.78 Å². The van der Waals surface area contributed by atoms with Crippen LogP contribution in [-0.2, 0) is 0 Å². The second-order valence-electron chi connectivity index (χ2n) is 9.06. The van der Waals surface area contributed by atoms with Crippen molar-refractivity contribution in [2.75, 3.05) is 5.75 Å². The summed E-state index contributed by atoms with van der Waals surface area (Å²) in [6.07, 6.45) is 12.7. The highest BCUT2D eigenvalue weighted by molar-refractivity contribution is 7.99. The molecule has 0 saturated carbocycles. The Labute approximate surface area is 201 Å². The van der Waals surface area contributed by atoms with Gasteiger partial charge >= 0.3 is 0 Å². The molecule has 5 heteroatoms. The van der Waals surface area contributed by atoms with Crippen LogP contribution in [0, 0.1) is 13.8 Å². The summed E-state index contributed by atoms with van der Waals surface area (Å²) in [6.45, 7) is 5.52. The van der Waals surface area contributed by atoms with Crippen molar-refractivity contribution in [2.45, 2.75) is 89.9 Å². The molecule has 3 rings (SSSR count). The van der Waals surface area contributed by atoms with E-state index in [4.69, 9.17) is 0 Å². The van der Waals surface area contributed by atoms with Gasteiger partial charge in [0.05, 0.1) is 11.1 Å². The third kappa shape index (κ3) is 5.46. The Morgan fingerprint density at radius 1 is 0.697 bits per heavy atom. The summed E-state index contributed by atoms with van der Waals surface area (Å²) >= 11 is 1.59. The zero-order chi connectivity index (χ0) is 24.0. The number of thioether (sulfide) groups is 1. The van der Waals surface area contributed by atoms with Gasteiger partial charge in [0.1, 0.15) is 11.5 Å². The molecule has 0 amide bonds. The Morgan fingerprint density at radius 2 is 1.21 bits per heavy atom. The summed E-state index contributed by atoms with van der Waals surface area (Å²) in [5.41, 5.74) is 1.35. The van der Waals surface area contributed by atoms with Crippen LogP contribution in [0.15, 0.2) is 23.1 Å². The third-order valence-electron chi connectivity index (χ3n) is 6.70. The van der Waals surface area contributed by atoms with Crippen LogP contribution >= 0.6 is 11.8 Å². The Morgan fingerprint density at radius 3 is 1.79 bits per heavy atom. The molecule has 0 unspecified atom stereocenters. The summed E-state index contributed by atoms with van der Waals surface area (Å²) in [4.78, 5) is 27.3. The fourth-order valence-electron chi connectivity index (χ4n) is 4.52. The minimum Gasteiger partial charge on any atom is -0.507 e. The van der Waals surface area contributed by atoms with Crippen molar-refractivity contribution < 1.29 is 19.8 Å². The van der Waals surface area contributed by atoms with Crippen molar-refractivity contribution in [1.29, 1.82) is 0 Å². The van der Waals surface area contributed by atoms with Gasteiger partial charge in [0.2, 0.25) is 0 Å². The lowest BCUT2D eigenvalue weighted by Gasteiger charge is -2.23. The molecule has 0 radical (unpaired) electrons. The number of carbonyl (C=O) groups is 2. The molecule has 1 aliphatic rings. The molecule has 0 saturated heterocycles. The van der Waals surface area contributed by atoms with Crippen molar-refractivity contribution in [3.05, 3.63) is 51.6 Å². The molecule has 2 aromatic carbocycles. The van der Waals surface area contributed by atoms with E-state index in [-0.39, 0.29) is 28.4 Å². The molecule has 33 heavy (non-hydrogen) atoms. The molecule has 0 heterocycles. The van der Waals surface area contributed by atoms with E-state index in [0.29, 0.717) is 22.3 Å². The lowest BCUT2D eigenvalue weighted by molar-refractivity contribution is 0.0971. The lowest BCUT2D eigenvalue weighted by atomic mass is 9.81. The van der Waals surface area contributed by atoms with Gasteiger partial charge in [-0.25, -0.2) is 0 Å². The molecule has 1 aliphatic carbocycles. The molecule has 0 fully saturated rings. The second kappa shape index (κ2) is 11.7. The number of aromatic hydroxyl groups is 2. The molecule has 178 valence electrons. The highest BCUT2D eigenvalue weighted by atomic mass is 32.2. The number of benzene rings is 2. The first-order chi connectivity index (χ1) is 15.9. The molecular weight excluding hydrogens is 432 g/mol. The monoisotopic (exact) mass is 468 g/mol. The van der Waals surface area contributed by atoms with Crippen LogP contribution in [0.2, 0.25) is 0 Å². The minimum absolute atomic E-state index is 0.0694. The molecule has 4 nitrogen and oxygen atoms in total. The van der Waals surface area contributed by atoms with Gasteiger partial charge in [-0.15, -0.1) is 11.8 Å². The van der Waals surface area contributed by atoms with Gasteiger partial charge in [0.25, 0.3) is 0 Å². The first-order valence-electron chi connectivity index (χ1n) is 12.3. The Bertz CT molecular complexity index is 1030. The highest BCUT2D eigenvalue weighted by Gasteiger charge is 2.37. The summed E-state index contributed by atoms with van der Waals surface area (Å²) in [6, 6.07) is 5.29. The fraction of sp³-hybridized carbons (Fsp3) is 0.500. The van der Waals surface area contributed by atoms with Crippen LogP contribution in [0.3, 0.4) is 0 Å². The molecular formula is C28H36O4S. The van der Waals surface area contributed by atoms with E-state index in [1.165, 1.54) is 57.8 Å². The van der Waals surface area contributed by atoms with E-state index in [2.05, 4.69) is 6.92 Å². The molecule has 0 atom stereocenters. The number of fused-ring (bicyclic) bond motifs is 2. The summed E-state index contributed by atoms with van der Waals surface area (Å²) < 4.78 is 0. The minimum atomic E-state index is -0.406. The summed E-state index contributed by atoms with van der Waals surface area (Å²) in [7, 11) is 0. The number of phenols is 2. The number of hydrogen-bond donors (Lipinski definition) is 2. The number of carbonyl (C=O) groups excluding carboxylic acids is 2. The number of hydrogen-bond acceptors (Lipinski definition) is 5. The SMILES string of the molecule is CCCCCCCCCCCCSc1cccc2c1C(=O)c1c(O)c(C)c(C)c(O)c1C2=O. The Hall–Kier alpha value is -2.27. The first kappa shape index (κ1) is 25.4. The van der Waals surface area contributed by atoms with Gasteiger partial charge in [0, 0.05) is 16.0 Å². The molecule has 0 bridgehead atoms. The molecule has 2 aromatic rings. The van der Waals surface area contributed by atoms with Gasteiger partial charge in [-0.3, -0.25) is 9.59 Å². The van der Waals surface area contributed by atoms with Crippen LogP contribution in [0.1, 0.15) is 114 Å². The zero-order valence-corrected chi connectivity index (χ0v) is 20.9. The average molecular weight is 469 g/mol. The standard InChI is InChI=1S/C28H36O4S/c1-4-5-6-7-8-9-10-11-12-13-17-33-21-16-14-15-20-22(21)28(32)24-23(27(20)31)25(29)18(2)19(3)26(24)30/h14-16,29-30H,4-13,17H2,1-3H3. The van der Waals surface area contributed by atoms with Gasteiger partial charge in [0.15, 0.2) is 11.6 Å². The topological polar surface area (TPSA) is 74.6 Å². The molecule has 0 spiro atoms. The van der Waals surface area contributed by atoms with Gasteiger partial charge < -0.3 is 10.2 Å². The van der Waals surface area contributed by atoms with Crippen molar-refractivity contribution in [3.63, 3.8) is 0 Å². The Balaban J connectivity index is 1.62. The Kier molecular flexibility index (Phi) is 9.02. The predicted octanol–water partition coefficient (Wildman–Crippen LogP) is 7.50. The molecule has 2 N–H and O–H groups in total. The second-order valence-corrected chi connectivity index (χ2v) is 10.2. The van der Waals surface area contributed by atoms with Gasteiger partial charge in [-0.2, -0.15) is 0 Å². The van der Waals surface area contributed by atoms with Crippen molar-refractivity contribution in [3.8, 4) is 11.5 Å². The fourth-order valence-corrected chi connectivity index (χ4v) is 5.61. The highest BCUT2D eigenvalue weighted by Crippen LogP contribution is 2.44. The number of unbranched alkanes of at least 4 members (excludes halogenated alkanes) is 9. The van der Waals surface area contributed by atoms with Crippen molar-refractivity contribution in [1.82, 2.24) is 0 Å². The first-order valence-corrected chi connectivity index (χ1v) is 13.3. The quantitative estimate of drug-likeness (QED) is 0.163. The lowest BCUT2D eigenvalue weighted by Crippen LogP contribution is -2.23. The summed E-state index contributed by atoms with van der Waals surface area (Å²) in [5.74, 6) is -0.337. The van der Waals surface area contributed by atoms with E-state index in [9.17, 15) is 19.8 Å². The maximum absolute atomic E-state index is 13.4. The maximum atomic E-state index is 13.4. The molecule has 0 aliphatic heterocycles. The average Bonchev–Trinajstić information content (AvgIpc) is 2.81. The van der Waals surface area contributed by atoms with Gasteiger partial charge in [-0.05, 0) is 43.2 Å². The van der Waals surface area contributed by atoms with E-state index in [1.807, 2.05) is 6.07 Å². The van der Waals surface area contributed by atoms with Crippen LogP contribution in [0.5, 0.6) is 11.5 Å².